The number of nitrogens with zero attached hydrogens (tertiary/aromatic N) is 4. The Bertz CT molecular complexity index is 1210. The van der Waals surface area contributed by atoms with E-state index in [0.29, 0.717) is 16.9 Å². The van der Waals surface area contributed by atoms with Crippen molar-refractivity contribution in [2.75, 3.05) is 18.5 Å². The van der Waals surface area contributed by atoms with Gasteiger partial charge in [-0.25, -0.2) is 4.98 Å². The summed E-state index contributed by atoms with van der Waals surface area (Å²) in [6.07, 6.45) is 0. The predicted molar refractivity (Wildman–Crippen MR) is 115 cm³/mol. The van der Waals surface area contributed by atoms with Crippen molar-refractivity contribution in [1.29, 1.82) is 0 Å². The normalized spacial score (nSPS) is 12.6. The van der Waals surface area contributed by atoms with E-state index in [1.54, 1.807) is 30.3 Å². The van der Waals surface area contributed by atoms with Crippen LogP contribution in [-0.2, 0) is 0 Å². The number of ether oxygens (including phenoxy) is 1. The molecule has 0 unspecified atom stereocenters. The molecule has 10 heteroatoms. The zero-order chi connectivity index (χ0) is 22.8. The number of carbonyl (C=O) groups is 3. The zero-order valence-electron chi connectivity index (χ0n) is 17.5. The van der Waals surface area contributed by atoms with E-state index in [1.807, 2.05) is 19.9 Å². The smallest absolute Gasteiger partial charge is 0.271 e. The van der Waals surface area contributed by atoms with Gasteiger partial charge in [-0.05, 0) is 37.6 Å². The summed E-state index contributed by atoms with van der Waals surface area (Å²) >= 11 is 0. The van der Waals surface area contributed by atoms with E-state index in [4.69, 9.17) is 10.5 Å². The van der Waals surface area contributed by atoms with Gasteiger partial charge in [0.05, 0.1) is 23.4 Å². The molecule has 3 amide bonds. The molecule has 0 aliphatic carbocycles. The highest BCUT2D eigenvalue weighted by Crippen LogP contribution is 2.24. The molecule has 0 radical (unpaired) electrons. The van der Waals surface area contributed by atoms with Gasteiger partial charge in [-0.2, -0.15) is 0 Å². The molecule has 0 bridgehead atoms. The van der Waals surface area contributed by atoms with Crippen molar-refractivity contribution in [3.63, 3.8) is 0 Å². The van der Waals surface area contributed by atoms with Crippen molar-refractivity contribution < 1.29 is 19.1 Å². The predicted octanol–water partition coefficient (Wildman–Crippen LogP) is 2.01. The van der Waals surface area contributed by atoms with Crippen LogP contribution < -0.4 is 15.8 Å². The summed E-state index contributed by atoms with van der Waals surface area (Å²) in [5.74, 6) is -0.903. The molecule has 3 N–H and O–H groups in total. The highest BCUT2D eigenvalue weighted by Gasteiger charge is 2.34. The van der Waals surface area contributed by atoms with Gasteiger partial charge in [0.15, 0.2) is 5.69 Å². The molecule has 2 aromatic heterocycles. The molecule has 1 aliphatic heterocycles. The second-order valence-corrected chi connectivity index (χ2v) is 7.19. The van der Waals surface area contributed by atoms with Gasteiger partial charge in [-0.15, -0.1) is 10.2 Å². The minimum Gasteiger partial charge on any atom is -0.475 e. The van der Waals surface area contributed by atoms with Crippen LogP contribution in [0.25, 0.3) is 0 Å². The standard InChI is InChI=1S/C22H20N6O4/c1-12-7-8-17(24-13(12)2)25-16-11-18(26-27-19(16)20(23)29)32-10-9-28-21(30)14-5-3-4-6-15(14)22(28)31/h3-8,11H,9-10H2,1-2H3,(H2,23,29)(H,24,25,26). The summed E-state index contributed by atoms with van der Waals surface area (Å²) in [4.78, 5) is 42.1. The first-order valence-corrected chi connectivity index (χ1v) is 9.82. The van der Waals surface area contributed by atoms with E-state index in [9.17, 15) is 14.4 Å². The third-order valence-corrected chi connectivity index (χ3v) is 5.06. The molecule has 4 rings (SSSR count). The second-order valence-electron chi connectivity index (χ2n) is 7.19. The van der Waals surface area contributed by atoms with Gasteiger partial charge in [0, 0.05) is 11.8 Å². The lowest BCUT2D eigenvalue weighted by molar-refractivity contribution is 0.0629. The lowest BCUT2D eigenvalue weighted by Gasteiger charge is -2.15. The molecule has 1 aromatic carbocycles. The maximum Gasteiger partial charge on any atom is 0.271 e. The summed E-state index contributed by atoms with van der Waals surface area (Å²) in [6.45, 7) is 3.84. The van der Waals surface area contributed by atoms with Crippen molar-refractivity contribution in [3.05, 3.63) is 70.5 Å². The first kappa shape index (κ1) is 20.9. The van der Waals surface area contributed by atoms with Crippen LogP contribution in [-0.4, -0.2) is 51.0 Å². The number of aromatic nitrogens is 3. The van der Waals surface area contributed by atoms with E-state index in [1.165, 1.54) is 6.07 Å². The number of carbonyl (C=O) groups excluding carboxylic acids is 3. The fourth-order valence-corrected chi connectivity index (χ4v) is 3.24. The van der Waals surface area contributed by atoms with Crippen molar-refractivity contribution in [1.82, 2.24) is 20.1 Å². The van der Waals surface area contributed by atoms with Crippen molar-refractivity contribution in [3.8, 4) is 5.88 Å². The molecule has 10 nitrogen and oxygen atoms in total. The summed E-state index contributed by atoms with van der Waals surface area (Å²) < 4.78 is 5.59. The van der Waals surface area contributed by atoms with Crippen molar-refractivity contribution in [2.24, 2.45) is 5.73 Å². The maximum absolute atomic E-state index is 12.4. The quantitative estimate of drug-likeness (QED) is 0.540. The number of amides is 3. The van der Waals surface area contributed by atoms with Gasteiger partial charge in [0.2, 0.25) is 5.88 Å². The third kappa shape index (κ3) is 3.97. The number of nitrogens with one attached hydrogen (secondary N) is 1. The Morgan fingerprint density at radius 3 is 2.38 bits per heavy atom. The van der Waals surface area contributed by atoms with Gasteiger partial charge in [-0.3, -0.25) is 19.3 Å². The van der Waals surface area contributed by atoms with Crippen LogP contribution in [0.2, 0.25) is 0 Å². The van der Waals surface area contributed by atoms with Crippen LogP contribution in [0.3, 0.4) is 0 Å². The number of aryl methyl sites for hydroxylation is 2. The molecule has 162 valence electrons. The largest absolute Gasteiger partial charge is 0.475 e. The average Bonchev–Trinajstić information content (AvgIpc) is 3.01. The number of rotatable bonds is 7. The third-order valence-electron chi connectivity index (χ3n) is 5.06. The topological polar surface area (TPSA) is 140 Å². The number of hydrogen-bond donors (Lipinski definition) is 2. The van der Waals surface area contributed by atoms with E-state index >= 15 is 0 Å². The Morgan fingerprint density at radius 2 is 1.75 bits per heavy atom. The van der Waals surface area contributed by atoms with Gasteiger partial charge in [-0.1, -0.05) is 18.2 Å². The molecule has 3 heterocycles. The summed E-state index contributed by atoms with van der Waals surface area (Å²) in [5, 5.41) is 10.7. The van der Waals surface area contributed by atoms with Crippen LogP contribution in [0.15, 0.2) is 42.5 Å². The Morgan fingerprint density at radius 1 is 1.06 bits per heavy atom. The fraction of sp³-hybridized carbons (Fsp3) is 0.182. The Hall–Kier alpha value is -4.34. The van der Waals surface area contributed by atoms with Crippen LogP contribution >= 0.6 is 0 Å². The number of primary amides is 1. The number of fused-ring (bicyclic) bond motifs is 1. The first-order valence-electron chi connectivity index (χ1n) is 9.82. The molecule has 0 saturated carbocycles. The van der Waals surface area contributed by atoms with Gasteiger partial charge in [0.25, 0.3) is 17.7 Å². The molecule has 1 aliphatic rings. The highest BCUT2D eigenvalue weighted by atomic mass is 16.5. The van der Waals surface area contributed by atoms with Gasteiger partial charge < -0.3 is 15.8 Å². The lowest BCUT2D eigenvalue weighted by Crippen LogP contribution is -2.33. The number of pyridine rings is 1. The molecule has 0 fully saturated rings. The van der Waals surface area contributed by atoms with Crippen LogP contribution in [0.4, 0.5) is 11.5 Å². The van der Waals surface area contributed by atoms with Crippen LogP contribution in [0.1, 0.15) is 42.5 Å². The van der Waals surface area contributed by atoms with E-state index in [0.717, 1.165) is 16.2 Å². The highest BCUT2D eigenvalue weighted by molar-refractivity contribution is 6.21. The van der Waals surface area contributed by atoms with Crippen LogP contribution in [0.5, 0.6) is 5.88 Å². The summed E-state index contributed by atoms with van der Waals surface area (Å²) in [5.41, 5.74) is 8.20. The molecule has 0 saturated heterocycles. The van der Waals surface area contributed by atoms with Crippen LogP contribution in [0, 0.1) is 13.8 Å². The van der Waals surface area contributed by atoms with Crippen molar-refractivity contribution in [2.45, 2.75) is 13.8 Å². The zero-order valence-corrected chi connectivity index (χ0v) is 17.5. The maximum atomic E-state index is 12.4. The Balaban J connectivity index is 1.47. The fourth-order valence-electron chi connectivity index (χ4n) is 3.24. The summed E-state index contributed by atoms with van der Waals surface area (Å²) in [7, 11) is 0. The second kappa shape index (κ2) is 8.42. The van der Waals surface area contributed by atoms with E-state index in [-0.39, 0.29) is 42.2 Å². The molecule has 32 heavy (non-hydrogen) atoms. The van der Waals surface area contributed by atoms with Gasteiger partial charge >= 0.3 is 0 Å². The number of benzene rings is 1. The van der Waals surface area contributed by atoms with E-state index < -0.39 is 5.91 Å². The monoisotopic (exact) mass is 432 g/mol. The lowest BCUT2D eigenvalue weighted by atomic mass is 10.1. The Labute approximate surface area is 183 Å². The molecular weight excluding hydrogens is 412 g/mol. The number of nitrogens with two attached hydrogens (primary N) is 1. The Kier molecular flexibility index (Phi) is 5.50. The molecule has 0 spiro atoms. The van der Waals surface area contributed by atoms with Gasteiger partial charge in [0.1, 0.15) is 12.4 Å². The van der Waals surface area contributed by atoms with E-state index in [2.05, 4.69) is 20.5 Å². The number of imide groups is 1. The molecular formula is C22H20N6O4. The SMILES string of the molecule is Cc1ccc(Nc2cc(OCCN3C(=O)c4ccccc4C3=O)nnc2C(N)=O)nc1C. The summed E-state index contributed by atoms with van der Waals surface area (Å²) in [6, 6.07) is 11.8. The van der Waals surface area contributed by atoms with Crippen molar-refractivity contribution >= 4 is 29.2 Å². The minimum atomic E-state index is -0.763. The number of anilines is 2. The minimum absolute atomic E-state index is 0.00258. The average molecular weight is 432 g/mol. The first-order chi connectivity index (χ1) is 15.3. The number of hydrogen-bond acceptors (Lipinski definition) is 8. The molecule has 3 aromatic rings. The molecule has 0 atom stereocenters.